The van der Waals surface area contributed by atoms with Gasteiger partial charge in [-0.3, -0.25) is 4.79 Å². The highest BCUT2D eigenvalue weighted by molar-refractivity contribution is 6.30. The Morgan fingerprint density at radius 3 is 2.92 bits per heavy atom. The minimum atomic E-state index is -0.238. The Morgan fingerprint density at radius 1 is 1.25 bits per heavy atom. The molecule has 3 N–H and O–H groups in total. The fourth-order valence-corrected chi connectivity index (χ4v) is 3.02. The molecule has 0 aliphatic heterocycles. The highest BCUT2D eigenvalue weighted by Crippen LogP contribution is 2.30. The molecule has 0 fully saturated rings. The number of nitrogens with one attached hydrogen (secondary N) is 2. The quantitative estimate of drug-likeness (QED) is 0.488. The number of nitrogens with zero attached hydrogens (tertiary/aromatic N) is 2. The van der Waals surface area contributed by atoms with E-state index < -0.39 is 0 Å². The maximum Gasteiger partial charge on any atom is 0.259 e. The number of hydrogen-bond donors (Lipinski definition) is 3. The average molecular weight is 341 g/mol. The van der Waals surface area contributed by atoms with Crippen molar-refractivity contribution < 1.29 is 5.11 Å². The molecule has 0 atom stereocenters. The van der Waals surface area contributed by atoms with E-state index in [-0.39, 0.29) is 11.4 Å². The van der Waals surface area contributed by atoms with Crippen molar-refractivity contribution in [1.29, 1.82) is 0 Å². The third-order valence-electron chi connectivity index (χ3n) is 3.95. The van der Waals surface area contributed by atoms with Crippen molar-refractivity contribution in [2.24, 2.45) is 7.05 Å². The first-order valence-electron chi connectivity index (χ1n) is 7.26. The van der Waals surface area contributed by atoms with Crippen molar-refractivity contribution in [1.82, 2.24) is 14.5 Å². The largest absolute Gasteiger partial charge is 0.494 e. The highest BCUT2D eigenvalue weighted by atomic mass is 35.5. The summed E-state index contributed by atoms with van der Waals surface area (Å²) < 4.78 is 1.65. The summed E-state index contributed by atoms with van der Waals surface area (Å²) in [7, 11) is 1.77. The SMILES string of the molecule is Cn1cc2cc(Nc3nc(Cl)cc4cc[nH]c(=O)c34)ccc2c1O. The summed E-state index contributed by atoms with van der Waals surface area (Å²) in [6.45, 7) is 0. The lowest BCUT2D eigenvalue weighted by atomic mass is 10.2. The molecule has 4 aromatic rings. The normalized spacial score (nSPS) is 11.2. The molecule has 3 aromatic heterocycles. The van der Waals surface area contributed by atoms with Crippen molar-refractivity contribution in [3.63, 3.8) is 0 Å². The summed E-state index contributed by atoms with van der Waals surface area (Å²) >= 11 is 6.06. The van der Waals surface area contributed by atoms with E-state index in [1.807, 2.05) is 24.4 Å². The van der Waals surface area contributed by atoms with Crippen molar-refractivity contribution in [3.05, 3.63) is 58.2 Å². The maximum absolute atomic E-state index is 12.1. The number of halogens is 1. The van der Waals surface area contributed by atoms with Crippen LogP contribution in [0.25, 0.3) is 21.5 Å². The smallest absolute Gasteiger partial charge is 0.259 e. The lowest BCUT2D eigenvalue weighted by Gasteiger charge is -2.09. The van der Waals surface area contributed by atoms with Gasteiger partial charge in [-0.15, -0.1) is 0 Å². The first-order chi connectivity index (χ1) is 11.5. The summed E-state index contributed by atoms with van der Waals surface area (Å²) in [6.07, 6.45) is 3.40. The fourth-order valence-electron chi connectivity index (χ4n) is 2.82. The number of fused-ring (bicyclic) bond motifs is 2. The second-order valence-electron chi connectivity index (χ2n) is 5.56. The van der Waals surface area contributed by atoms with Gasteiger partial charge in [0.15, 0.2) is 5.88 Å². The molecule has 6 nitrogen and oxygen atoms in total. The molecule has 4 rings (SSSR count). The van der Waals surface area contributed by atoms with Gasteiger partial charge in [0.05, 0.1) is 5.39 Å². The summed E-state index contributed by atoms with van der Waals surface area (Å²) in [4.78, 5) is 19.0. The number of aromatic nitrogens is 3. The molecule has 0 aliphatic rings. The first-order valence-corrected chi connectivity index (χ1v) is 7.64. The van der Waals surface area contributed by atoms with Crippen LogP contribution < -0.4 is 10.9 Å². The van der Waals surface area contributed by atoms with E-state index in [1.54, 1.807) is 29.9 Å². The second-order valence-corrected chi connectivity index (χ2v) is 5.94. The van der Waals surface area contributed by atoms with E-state index in [0.717, 1.165) is 16.5 Å². The Hall–Kier alpha value is -2.99. The number of aromatic amines is 1. The van der Waals surface area contributed by atoms with Crippen molar-refractivity contribution in [2.45, 2.75) is 0 Å². The number of pyridine rings is 2. The highest BCUT2D eigenvalue weighted by Gasteiger charge is 2.11. The van der Waals surface area contributed by atoms with Crippen LogP contribution in [0.3, 0.4) is 0 Å². The molecule has 3 heterocycles. The van der Waals surface area contributed by atoms with Gasteiger partial charge in [0, 0.05) is 35.9 Å². The fraction of sp³-hybridized carbons (Fsp3) is 0.0588. The third-order valence-corrected chi connectivity index (χ3v) is 4.14. The number of aromatic hydroxyl groups is 1. The molecule has 0 saturated carbocycles. The van der Waals surface area contributed by atoms with Gasteiger partial charge in [0.2, 0.25) is 0 Å². The summed E-state index contributed by atoms with van der Waals surface area (Å²) in [6, 6.07) is 8.92. The predicted octanol–water partition coefficient (Wildman–Crippen LogP) is 3.52. The van der Waals surface area contributed by atoms with Gasteiger partial charge in [-0.05, 0) is 35.7 Å². The van der Waals surface area contributed by atoms with E-state index in [2.05, 4.69) is 15.3 Å². The Bertz CT molecular complexity index is 1150. The Kier molecular flexibility index (Phi) is 3.21. The van der Waals surface area contributed by atoms with Crippen LogP contribution in [0.1, 0.15) is 0 Å². The molecule has 0 amide bonds. The van der Waals surface area contributed by atoms with Crippen LogP contribution in [0.4, 0.5) is 11.5 Å². The second kappa shape index (κ2) is 5.28. The van der Waals surface area contributed by atoms with Crippen LogP contribution in [-0.2, 0) is 7.05 Å². The molecule has 24 heavy (non-hydrogen) atoms. The van der Waals surface area contributed by atoms with Crippen molar-refractivity contribution in [3.8, 4) is 5.88 Å². The van der Waals surface area contributed by atoms with Crippen LogP contribution >= 0.6 is 11.6 Å². The van der Waals surface area contributed by atoms with Crippen LogP contribution in [0.15, 0.2) is 47.5 Å². The number of aryl methyl sites for hydroxylation is 1. The molecule has 0 spiro atoms. The number of rotatable bonds is 2. The van der Waals surface area contributed by atoms with E-state index in [9.17, 15) is 9.90 Å². The van der Waals surface area contributed by atoms with E-state index in [0.29, 0.717) is 21.7 Å². The zero-order chi connectivity index (χ0) is 16.8. The minimum absolute atomic E-state index is 0.208. The molecule has 0 unspecified atom stereocenters. The minimum Gasteiger partial charge on any atom is -0.494 e. The average Bonchev–Trinajstić information content (AvgIpc) is 2.81. The Balaban J connectivity index is 1.86. The van der Waals surface area contributed by atoms with E-state index in [4.69, 9.17) is 11.6 Å². The van der Waals surface area contributed by atoms with Crippen LogP contribution in [0.2, 0.25) is 5.15 Å². The predicted molar refractivity (Wildman–Crippen MR) is 95.2 cm³/mol. The molecular formula is C17H13ClN4O2. The molecule has 0 saturated heterocycles. The van der Waals surface area contributed by atoms with Crippen molar-refractivity contribution >= 4 is 44.7 Å². The maximum atomic E-state index is 12.1. The molecule has 0 aliphatic carbocycles. The van der Waals surface area contributed by atoms with Gasteiger partial charge in [0.1, 0.15) is 11.0 Å². The van der Waals surface area contributed by atoms with E-state index in [1.165, 1.54) is 0 Å². The third kappa shape index (κ3) is 2.28. The Morgan fingerprint density at radius 2 is 2.08 bits per heavy atom. The van der Waals surface area contributed by atoms with Gasteiger partial charge in [-0.25, -0.2) is 4.98 Å². The molecule has 7 heteroatoms. The summed E-state index contributed by atoms with van der Waals surface area (Å²) in [5.74, 6) is 0.596. The zero-order valence-electron chi connectivity index (χ0n) is 12.7. The monoisotopic (exact) mass is 340 g/mol. The number of benzene rings is 1. The van der Waals surface area contributed by atoms with Crippen LogP contribution in [-0.4, -0.2) is 19.6 Å². The van der Waals surface area contributed by atoms with Gasteiger partial charge in [-0.1, -0.05) is 11.6 Å². The molecule has 0 radical (unpaired) electrons. The summed E-state index contributed by atoms with van der Waals surface area (Å²) in [5, 5.41) is 16.2. The molecule has 1 aromatic carbocycles. The van der Waals surface area contributed by atoms with Crippen LogP contribution in [0, 0.1) is 0 Å². The Labute approximate surface area is 141 Å². The first kappa shape index (κ1) is 14.6. The van der Waals surface area contributed by atoms with Gasteiger partial charge in [-0.2, -0.15) is 0 Å². The number of H-pyrrole nitrogens is 1. The molecule has 0 bridgehead atoms. The molecule has 120 valence electrons. The van der Waals surface area contributed by atoms with Crippen molar-refractivity contribution in [2.75, 3.05) is 5.32 Å². The van der Waals surface area contributed by atoms with Gasteiger partial charge in [0.25, 0.3) is 5.56 Å². The van der Waals surface area contributed by atoms with Gasteiger partial charge >= 0.3 is 0 Å². The lowest BCUT2D eigenvalue weighted by Crippen LogP contribution is -2.08. The van der Waals surface area contributed by atoms with E-state index >= 15 is 0 Å². The number of hydrogen-bond acceptors (Lipinski definition) is 4. The molecular weight excluding hydrogens is 328 g/mol. The summed E-state index contributed by atoms with van der Waals surface area (Å²) in [5.41, 5.74) is 0.505. The topological polar surface area (TPSA) is 82.9 Å². The number of anilines is 2. The standard InChI is InChI=1S/C17H13ClN4O2/c1-22-8-10-6-11(2-3-12(10)17(22)24)20-15-14-9(7-13(18)21-15)4-5-19-16(14)23/h2-8,24H,1H3,(H,19,23)(H,20,21). The zero-order valence-corrected chi connectivity index (χ0v) is 13.4. The lowest BCUT2D eigenvalue weighted by molar-refractivity contribution is 0.438. The van der Waals surface area contributed by atoms with Crippen LogP contribution in [0.5, 0.6) is 5.88 Å². The van der Waals surface area contributed by atoms with Gasteiger partial charge < -0.3 is 20.0 Å².